The largest absolute Gasteiger partial charge is 0.498 e. The molecule has 0 atom stereocenters. The summed E-state index contributed by atoms with van der Waals surface area (Å²) in [6.07, 6.45) is 4.81. The molecule has 7 heteroatoms. The Morgan fingerprint density at radius 1 is 0.696 bits per heavy atom. The van der Waals surface area contributed by atoms with Crippen molar-refractivity contribution in [2.75, 3.05) is 0 Å². The van der Waals surface area contributed by atoms with Gasteiger partial charge < -0.3 is 26.5 Å². The van der Waals surface area contributed by atoms with Crippen molar-refractivity contribution in [2.24, 2.45) is 0 Å². The maximum atomic E-state index is 5.89. The first kappa shape index (κ1) is 15.8. The van der Waals surface area contributed by atoms with E-state index in [-0.39, 0.29) is 19.8 Å². The Kier molecular flexibility index (Phi) is 5.14. The highest BCUT2D eigenvalue weighted by Crippen LogP contribution is 2.18. The first-order valence-corrected chi connectivity index (χ1v) is 9.45. The van der Waals surface area contributed by atoms with Crippen LogP contribution in [0.3, 0.4) is 0 Å². The Morgan fingerprint density at radius 3 is 1.30 bits per heavy atom. The van der Waals surface area contributed by atoms with Gasteiger partial charge in [-0.25, -0.2) is 0 Å². The van der Waals surface area contributed by atoms with Crippen molar-refractivity contribution in [1.82, 2.24) is 0 Å². The van der Waals surface area contributed by atoms with Gasteiger partial charge >= 0.3 is 8.80 Å². The minimum atomic E-state index is -2.90. The predicted octanol–water partition coefficient (Wildman–Crippen LogP) is 3.98. The van der Waals surface area contributed by atoms with Crippen molar-refractivity contribution in [2.45, 2.75) is 26.4 Å². The van der Waals surface area contributed by atoms with E-state index in [9.17, 15) is 0 Å². The number of rotatable bonds is 9. The molecule has 3 rings (SSSR count). The second kappa shape index (κ2) is 7.47. The molecule has 0 saturated heterocycles. The van der Waals surface area contributed by atoms with E-state index in [1.807, 2.05) is 42.9 Å². The third-order valence-corrected chi connectivity index (χ3v) is 5.18. The average Bonchev–Trinajstić information content (AvgIpc) is 3.33. The highest BCUT2D eigenvalue weighted by atomic mass is 28.4. The SMILES string of the molecule is C[Si](OCc1ccco1)(OCc1ccco1)OCc1ccco1. The van der Waals surface area contributed by atoms with Gasteiger partial charge in [0.25, 0.3) is 0 Å². The van der Waals surface area contributed by atoms with Crippen molar-refractivity contribution in [1.29, 1.82) is 0 Å². The van der Waals surface area contributed by atoms with Gasteiger partial charge in [0, 0.05) is 6.55 Å². The molecule has 3 heterocycles. The van der Waals surface area contributed by atoms with Gasteiger partial charge in [-0.15, -0.1) is 0 Å². The average molecular weight is 334 g/mol. The van der Waals surface area contributed by atoms with E-state index in [0.29, 0.717) is 17.3 Å². The van der Waals surface area contributed by atoms with E-state index in [4.69, 9.17) is 26.5 Å². The van der Waals surface area contributed by atoms with Gasteiger partial charge in [0.1, 0.15) is 17.3 Å². The fourth-order valence-electron chi connectivity index (χ4n) is 1.92. The van der Waals surface area contributed by atoms with Crippen molar-refractivity contribution in [3.05, 3.63) is 72.5 Å². The molecule has 122 valence electrons. The molecular weight excluding hydrogens is 316 g/mol. The van der Waals surface area contributed by atoms with Crippen LogP contribution in [0.15, 0.2) is 68.4 Å². The minimum absolute atomic E-state index is 0.284. The van der Waals surface area contributed by atoms with Crippen LogP contribution >= 0.6 is 0 Å². The Bertz CT molecular complexity index is 566. The molecule has 0 amide bonds. The van der Waals surface area contributed by atoms with E-state index in [0.717, 1.165) is 0 Å². The van der Waals surface area contributed by atoms with Gasteiger partial charge in [-0.3, -0.25) is 0 Å². The van der Waals surface area contributed by atoms with Crippen LogP contribution in [0.2, 0.25) is 6.55 Å². The zero-order valence-corrected chi connectivity index (χ0v) is 13.8. The molecule has 0 fully saturated rings. The van der Waals surface area contributed by atoms with E-state index >= 15 is 0 Å². The van der Waals surface area contributed by atoms with Crippen LogP contribution in [0.1, 0.15) is 17.3 Å². The summed E-state index contributed by atoms with van der Waals surface area (Å²) in [4.78, 5) is 0. The van der Waals surface area contributed by atoms with Crippen LogP contribution in [0.5, 0.6) is 0 Å². The number of hydrogen-bond donors (Lipinski definition) is 0. The lowest BCUT2D eigenvalue weighted by Gasteiger charge is -2.25. The third-order valence-electron chi connectivity index (χ3n) is 3.17. The van der Waals surface area contributed by atoms with E-state index in [1.54, 1.807) is 18.8 Å². The van der Waals surface area contributed by atoms with Gasteiger partial charge in [-0.1, -0.05) is 0 Å². The molecule has 0 aliphatic heterocycles. The standard InChI is InChI=1S/C16H18O6Si/c1-23(20-11-14-5-2-8-17-14,21-12-15-6-3-9-18-15)22-13-16-7-4-10-19-16/h2-10H,11-13H2,1H3. The van der Waals surface area contributed by atoms with E-state index < -0.39 is 8.80 Å². The van der Waals surface area contributed by atoms with Crippen LogP contribution < -0.4 is 0 Å². The van der Waals surface area contributed by atoms with Crippen LogP contribution in [0.25, 0.3) is 0 Å². The quantitative estimate of drug-likeness (QED) is 0.551. The van der Waals surface area contributed by atoms with Crippen LogP contribution in [0.4, 0.5) is 0 Å². The molecule has 0 unspecified atom stereocenters. The van der Waals surface area contributed by atoms with Gasteiger partial charge in [0.05, 0.1) is 38.6 Å². The second-order valence-corrected chi connectivity index (χ2v) is 7.56. The maximum absolute atomic E-state index is 5.89. The summed E-state index contributed by atoms with van der Waals surface area (Å²) in [6.45, 7) is 2.69. The molecule has 0 aromatic carbocycles. The third kappa shape index (κ3) is 4.70. The predicted molar refractivity (Wildman–Crippen MR) is 82.1 cm³/mol. The molecule has 0 radical (unpaired) electrons. The Hall–Kier alpha value is -2.06. The molecule has 0 saturated carbocycles. The van der Waals surface area contributed by atoms with Gasteiger partial charge in [-0.2, -0.15) is 0 Å². The summed E-state index contributed by atoms with van der Waals surface area (Å²) in [6, 6.07) is 11.0. The van der Waals surface area contributed by atoms with E-state index in [2.05, 4.69) is 0 Å². The molecule has 6 nitrogen and oxygen atoms in total. The van der Waals surface area contributed by atoms with Crippen LogP contribution in [0, 0.1) is 0 Å². The lowest BCUT2D eigenvalue weighted by atomic mass is 10.5. The fourth-order valence-corrected chi connectivity index (χ4v) is 3.38. The minimum Gasteiger partial charge on any atom is -0.467 e. The fraction of sp³-hybridized carbons (Fsp3) is 0.250. The monoisotopic (exact) mass is 334 g/mol. The molecule has 3 aromatic heterocycles. The highest BCUT2D eigenvalue weighted by Gasteiger charge is 2.36. The van der Waals surface area contributed by atoms with E-state index in [1.165, 1.54) is 0 Å². The Labute approximate surface area is 134 Å². The number of furan rings is 3. The molecule has 0 aliphatic carbocycles. The van der Waals surface area contributed by atoms with Crippen LogP contribution in [-0.4, -0.2) is 8.80 Å². The lowest BCUT2D eigenvalue weighted by Crippen LogP contribution is -2.42. The summed E-state index contributed by atoms with van der Waals surface area (Å²) >= 11 is 0. The second-order valence-electron chi connectivity index (χ2n) is 4.97. The molecule has 0 aliphatic rings. The Balaban J connectivity index is 1.60. The van der Waals surface area contributed by atoms with Crippen LogP contribution in [-0.2, 0) is 33.1 Å². The summed E-state index contributed by atoms with van der Waals surface area (Å²) in [5.74, 6) is 2.14. The van der Waals surface area contributed by atoms with Crippen molar-refractivity contribution in [3.8, 4) is 0 Å². The smallest absolute Gasteiger partial charge is 0.467 e. The van der Waals surface area contributed by atoms with Gasteiger partial charge in [0.2, 0.25) is 0 Å². The normalized spacial score (nSPS) is 11.9. The van der Waals surface area contributed by atoms with Gasteiger partial charge in [-0.05, 0) is 36.4 Å². The summed E-state index contributed by atoms with van der Waals surface area (Å²) in [5.41, 5.74) is 0. The summed E-state index contributed by atoms with van der Waals surface area (Å²) in [7, 11) is -2.90. The summed E-state index contributed by atoms with van der Waals surface area (Å²) in [5, 5.41) is 0. The van der Waals surface area contributed by atoms with Gasteiger partial charge in [0.15, 0.2) is 0 Å². The highest BCUT2D eigenvalue weighted by molar-refractivity contribution is 6.59. The molecular formula is C16H18O6Si. The zero-order chi connectivity index (χ0) is 16.0. The topological polar surface area (TPSA) is 67.1 Å². The Morgan fingerprint density at radius 2 is 1.04 bits per heavy atom. The number of hydrogen-bond acceptors (Lipinski definition) is 6. The molecule has 0 bridgehead atoms. The van der Waals surface area contributed by atoms with Crippen molar-refractivity contribution in [3.63, 3.8) is 0 Å². The van der Waals surface area contributed by atoms with Crippen molar-refractivity contribution >= 4 is 8.80 Å². The maximum Gasteiger partial charge on any atom is 0.498 e. The zero-order valence-electron chi connectivity index (χ0n) is 12.8. The first-order valence-electron chi connectivity index (χ1n) is 7.22. The molecule has 0 spiro atoms. The molecule has 23 heavy (non-hydrogen) atoms. The lowest BCUT2D eigenvalue weighted by molar-refractivity contribution is 0.0366. The molecule has 3 aromatic rings. The summed E-state index contributed by atoms with van der Waals surface area (Å²) < 4.78 is 33.5. The van der Waals surface area contributed by atoms with Crippen molar-refractivity contribution < 1.29 is 26.5 Å². The molecule has 0 N–H and O–H groups in total. The first-order chi connectivity index (χ1) is 11.2.